The summed E-state index contributed by atoms with van der Waals surface area (Å²) in [7, 11) is 5.49. The lowest BCUT2D eigenvalue weighted by molar-refractivity contribution is 0.0985. The van der Waals surface area contributed by atoms with Crippen LogP contribution in [0.2, 0.25) is 0 Å². The van der Waals surface area contributed by atoms with E-state index >= 15 is 0 Å². The molecule has 1 amide bonds. The van der Waals surface area contributed by atoms with Crippen molar-refractivity contribution in [2.45, 2.75) is 0 Å². The summed E-state index contributed by atoms with van der Waals surface area (Å²) in [6, 6.07) is 10.6. The van der Waals surface area contributed by atoms with Crippen molar-refractivity contribution in [1.82, 2.24) is 4.98 Å². The van der Waals surface area contributed by atoms with E-state index in [0.29, 0.717) is 0 Å². The number of pyridine rings is 1. The van der Waals surface area contributed by atoms with Gasteiger partial charge in [-0.25, -0.2) is 4.98 Å². The largest absolute Gasteiger partial charge is 0.505 e. The molecule has 0 aliphatic rings. The number of aromatic nitrogens is 1. The van der Waals surface area contributed by atoms with E-state index < -0.39 is 0 Å². The van der Waals surface area contributed by atoms with Crippen molar-refractivity contribution in [3.05, 3.63) is 48.3 Å². The molecule has 0 spiro atoms. The van der Waals surface area contributed by atoms with Gasteiger partial charge in [-0.3, -0.25) is 4.79 Å². The fourth-order valence-electron chi connectivity index (χ4n) is 1.96. The number of carbonyl (C=O) groups is 1. The highest BCUT2D eigenvalue weighted by atomic mass is 16.3. The Kier molecular flexibility index (Phi) is 3.89. The predicted molar refractivity (Wildman–Crippen MR) is 79.4 cm³/mol. The highest BCUT2D eigenvalue weighted by Gasteiger charge is 2.20. The molecule has 1 aromatic heterocycles. The van der Waals surface area contributed by atoms with Crippen molar-refractivity contribution in [2.75, 3.05) is 30.9 Å². The normalized spacial score (nSPS) is 10.2. The third-order valence-corrected chi connectivity index (χ3v) is 3.02. The van der Waals surface area contributed by atoms with Crippen LogP contribution in [-0.2, 0) is 0 Å². The van der Waals surface area contributed by atoms with Crippen LogP contribution in [0.3, 0.4) is 0 Å². The summed E-state index contributed by atoms with van der Waals surface area (Å²) in [4.78, 5) is 19.8. The van der Waals surface area contributed by atoms with Gasteiger partial charge in [0.05, 0.1) is 11.4 Å². The van der Waals surface area contributed by atoms with E-state index in [9.17, 15) is 9.90 Å². The molecule has 0 saturated carbocycles. The van der Waals surface area contributed by atoms with Gasteiger partial charge < -0.3 is 14.9 Å². The predicted octanol–water partition coefficient (Wildman–Crippen LogP) is 2.13. The quantitative estimate of drug-likeness (QED) is 0.929. The van der Waals surface area contributed by atoms with Crippen molar-refractivity contribution in [1.29, 1.82) is 0 Å². The van der Waals surface area contributed by atoms with Gasteiger partial charge in [0.15, 0.2) is 5.69 Å². The van der Waals surface area contributed by atoms with Crippen LogP contribution in [0, 0.1) is 0 Å². The summed E-state index contributed by atoms with van der Waals surface area (Å²) in [6.07, 6.45) is 1.48. The minimum atomic E-state index is -0.350. The molecule has 0 atom stereocenters. The number of para-hydroxylation sites is 2. The molecule has 0 bridgehead atoms. The lowest BCUT2D eigenvalue weighted by Crippen LogP contribution is -2.28. The molecule has 0 aliphatic heterocycles. The number of rotatable bonds is 3. The van der Waals surface area contributed by atoms with Crippen molar-refractivity contribution in [3.8, 4) is 5.75 Å². The molecule has 0 fully saturated rings. The van der Waals surface area contributed by atoms with Gasteiger partial charge in [0, 0.05) is 27.3 Å². The fourth-order valence-corrected chi connectivity index (χ4v) is 1.96. The van der Waals surface area contributed by atoms with E-state index in [2.05, 4.69) is 4.98 Å². The molecule has 1 N–H and O–H groups in total. The van der Waals surface area contributed by atoms with E-state index in [1.165, 1.54) is 17.2 Å². The molecule has 20 heavy (non-hydrogen) atoms. The second-order valence-corrected chi connectivity index (χ2v) is 4.62. The fraction of sp³-hybridized carbons (Fsp3) is 0.200. The van der Waals surface area contributed by atoms with Gasteiger partial charge in [0.2, 0.25) is 0 Å². The van der Waals surface area contributed by atoms with Crippen LogP contribution in [0.25, 0.3) is 0 Å². The Morgan fingerprint density at radius 3 is 2.30 bits per heavy atom. The Labute approximate surface area is 118 Å². The Morgan fingerprint density at radius 2 is 1.70 bits per heavy atom. The topological polar surface area (TPSA) is 56.7 Å². The van der Waals surface area contributed by atoms with E-state index in [1.807, 2.05) is 43.3 Å². The van der Waals surface area contributed by atoms with E-state index in [-0.39, 0.29) is 17.4 Å². The van der Waals surface area contributed by atoms with Gasteiger partial charge in [-0.1, -0.05) is 12.1 Å². The molecule has 2 rings (SSSR count). The zero-order valence-corrected chi connectivity index (χ0v) is 11.7. The number of benzene rings is 1. The van der Waals surface area contributed by atoms with Gasteiger partial charge >= 0.3 is 0 Å². The van der Waals surface area contributed by atoms with Crippen molar-refractivity contribution < 1.29 is 9.90 Å². The minimum Gasteiger partial charge on any atom is -0.505 e. The molecule has 0 saturated heterocycles. The van der Waals surface area contributed by atoms with Gasteiger partial charge in [-0.05, 0) is 24.3 Å². The van der Waals surface area contributed by atoms with Crippen LogP contribution in [0.5, 0.6) is 5.75 Å². The second kappa shape index (κ2) is 5.61. The molecule has 1 heterocycles. The average molecular weight is 271 g/mol. The molecule has 0 aliphatic carbocycles. The van der Waals surface area contributed by atoms with Crippen LogP contribution in [0.15, 0.2) is 42.6 Å². The van der Waals surface area contributed by atoms with Crippen LogP contribution >= 0.6 is 0 Å². The molecule has 5 nitrogen and oxygen atoms in total. The monoisotopic (exact) mass is 271 g/mol. The van der Waals surface area contributed by atoms with Gasteiger partial charge in [-0.2, -0.15) is 0 Å². The number of aromatic hydroxyl groups is 1. The highest BCUT2D eigenvalue weighted by molar-refractivity contribution is 6.07. The average Bonchev–Trinajstić information content (AvgIpc) is 2.46. The lowest BCUT2D eigenvalue weighted by atomic mass is 10.2. The molecule has 5 heteroatoms. The summed E-state index contributed by atoms with van der Waals surface area (Å²) < 4.78 is 0. The maximum Gasteiger partial charge on any atom is 0.280 e. The summed E-state index contributed by atoms with van der Waals surface area (Å²) in [5.74, 6) is -0.468. The molecular weight excluding hydrogens is 254 g/mol. The molecule has 104 valence electrons. The lowest BCUT2D eigenvalue weighted by Gasteiger charge is -2.24. The standard InChI is InChI=1S/C15H17N3O2/c1-17(2)11-7-4-5-8-12(11)18(3)15(20)14-13(19)9-6-10-16-14/h4-10,19H,1-3H3. The van der Waals surface area contributed by atoms with E-state index in [1.54, 1.807) is 13.1 Å². The number of hydrogen-bond donors (Lipinski definition) is 1. The highest BCUT2D eigenvalue weighted by Crippen LogP contribution is 2.28. The molecule has 0 radical (unpaired) electrons. The van der Waals surface area contributed by atoms with Gasteiger partial charge in [0.1, 0.15) is 5.75 Å². The van der Waals surface area contributed by atoms with Crippen LogP contribution in [0.4, 0.5) is 11.4 Å². The number of hydrogen-bond acceptors (Lipinski definition) is 4. The first-order valence-corrected chi connectivity index (χ1v) is 6.20. The SMILES string of the molecule is CN(C)c1ccccc1N(C)C(=O)c1ncccc1O. The van der Waals surface area contributed by atoms with Crippen LogP contribution < -0.4 is 9.80 Å². The summed E-state index contributed by atoms with van der Waals surface area (Å²) in [6.45, 7) is 0. The van der Waals surface area contributed by atoms with Gasteiger partial charge in [0.25, 0.3) is 5.91 Å². The van der Waals surface area contributed by atoms with Crippen molar-refractivity contribution in [2.24, 2.45) is 0 Å². The smallest absolute Gasteiger partial charge is 0.280 e. The third kappa shape index (κ3) is 2.56. The zero-order valence-electron chi connectivity index (χ0n) is 11.7. The number of carbonyl (C=O) groups excluding carboxylic acids is 1. The second-order valence-electron chi connectivity index (χ2n) is 4.62. The molecule has 0 unspecified atom stereocenters. The Hall–Kier alpha value is -2.56. The first kappa shape index (κ1) is 13.9. The van der Waals surface area contributed by atoms with Crippen molar-refractivity contribution in [3.63, 3.8) is 0 Å². The summed E-state index contributed by atoms with van der Waals surface area (Å²) in [5, 5.41) is 9.73. The van der Waals surface area contributed by atoms with Crippen LogP contribution in [-0.4, -0.2) is 37.1 Å². The number of nitrogens with zero attached hydrogens (tertiary/aromatic N) is 3. The van der Waals surface area contributed by atoms with Crippen LogP contribution in [0.1, 0.15) is 10.5 Å². The number of anilines is 2. The van der Waals surface area contributed by atoms with Gasteiger partial charge in [-0.15, -0.1) is 0 Å². The van der Waals surface area contributed by atoms with Crippen molar-refractivity contribution >= 4 is 17.3 Å². The number of amides is 1. The minimum absolute atomic E-state index is 0.0450. The zero-order chi connectivity index (χ0) is 14.7. The first-order chi connectivity index (χ1) is 9.52. The maximum atomic E-state index is 12.4. The maximum absolute atomic E-state index is 12.4. The Balaban J connectivity index is 2.40. The van der Waals surface area contributed by atoms with E-state index in [4.69, 9.17) is 0 Å². The molecule has 2 aromatic rings. The molecule has 1 aromatic carbocycles. The summed E-state index contributed by atoms with van der Waals surface area (Å²) in [5.41, 5.74) is 1.72. The van der Waals surface area contributed by atoms with E-state index in [0.717, 1.165) is 11.4 Å². The third-order valence-electron chi connectivity index (χ3n) is 3.02. The Bertz CT molecular complexity index is 626. The first-order valence-electron chi connectivity index (χ1n) is 6.20. The Morgan fingerprint density at radius 1 is 1.05 bits per heavy atom. The molecular formula is C15H17N3O2. The summed E-state index contributed by atoms with van der Waals surface area (Å²) >= 11 is 0.